The molecule has 0 aliphatic rings. The Balaban J connectivity index is 0.000000606. The van der Waals surface area contributed by atoms with Crippen LogP contribution in [0.25, 0.3) is 11.0 Å². The zero-order valence-electron chi connectivity index (χ0n) is 9.25. The van der Waals surface area contributed by atoms with Crippen LogP contribution in [0.2, 0.25) is 5.15 Å². The van der Waals surface area contributed by atoms with Gasteiger partial charge < -0.3 is 5.32 Å². The summed E-state index contributed by atoms with van der Waals surface area (Å²) in [5.74, 6) is 0.531. The summed E-state index contributed by atoms with van der Waals surface area (Å²) in [6, 6.07) is 1.84. The van der Waals surface area contributed by atoms with Crippen molar-refractivity contribution in [1.82, 2.24) is 15.0 Å². The molecule has 86 valence electrons. The van der Waals surface area contributed by atoms with Gasteiger partial charge in [0, 0.05) is 18.6 Å². The highest BCUT2D eigenvalue weighted by atomic mass is 79.9. The molecule has 0 aliphatic carbocycles. The minimum atomic E-state index is 0.401. The SMILES string of the molecule is CC.CNc1ncc2cc(Br)c(Cl)nc2n1. The monoisotopic (exact) mass is 302 g/mol. The molecule has 2 aromatic heterocycles. The maximum Gasteiger partial charge on any atom is 0.224 e. The molecule has 0 radical (unpaired) electrons. The van der Waals surface area contributed by atoms with E-state index in [1.807, 2.05) is 19.9 Å². The predicted octanol–water partition coefficient (Wildman–Crippen LogP) is 3.51. The topological polar surface area (TPSA) is 50.7 Å². The third kappa shape index (κ3) is 2.80. The lowest BCUT2D eigenvalue weighted by atomic mass is 10.3. The van der Waals surface area contributed by atoms with Crippen molar-refractivity contribution >= 4 is 44.5 Å². The zero-order chi connectivity index (χ0) is 12.1. The van der Waals surface area contributed by atoms with E-state index in [-0.39, 0.29) is 0 Å². The first kappa shape index (κ1) is 13.1. The van der Waals surface area contributed by atoms with Crippen LogP contribution < -0.4 is 5.32 Å². The smallest absolute Gasteiger partial charge is 0.224 e. The number of rotatable bonds is 1. The lowest BCUT2D eigenvalue weighted by Crippen LogP contribution is -1.97. The van der Waals surface area contributed by atoms with Gasteiger partial charge in [0.05, 0.1) is 4.47 Å². The Morgan fingerprint density at radius 2 is 2.00 bits per heavy atom. The van der Waals surface area contributed by atoms with Gasteiger partial charge in [0.1, 0.15) is 5.15 Å². The van der Waals surface area contributed by atoms with Gasteiger partial charge in [0.15, 0.2) is 5.65 Å². The van der Waals surface area contributed by atoms with Gasteiger partial charge in [-0.25, -0.2) is 9.97 Å². The Morgan fingerprint density at radius 3 is 2.62 bits per heavy atom. The fraction of sp³-hybridized carbons (Fsp3) is 0.300. The van der Waals surface area contributed by atoms with Gasteiger partial charge in [0.2, 0.25) is 5.95 Å². The summed E-state index contributed by atoms with van der Waals surface area (Å²) in [5.41, 5.74) is 0.581. The Bertz CT molecular complexity index is 489. The van der Waals surface area contributed by atoms with Crippen LogP contribution in [0.15, 0.2) is 16.7 Å². The van der Waals surface area contributed by atoms with Crippen molar-refractivity contribution in [2.75, 3.05) is 12.4 Å². The maximum absolute atomic E-state index is 5.84. The predicted molar refractivity (Wildman–Crippen MR) is 70.9 cm³/mol. The van der Waals surface area contributed by atoms with Gasteiger partial charge in [-0.1, -0.05) is 25.4 Å². The van der Waals surface area contributed by atoms with Crippen molar-refractivity contribution in [1.29, 1.82) is 0 Å². The van der Waals surface area contributed by atoms with E-state index in [0.29, 0.717) is 16.7 Å². The number of nitrogens with zero attached hydrogens (tertiary/aromatic N) is 3. The summed E-state index contributed by atoms with van der Waals surface area (Å²) in [5, 5.41) is 4.08. The molecule has 0 spiro atoms. The first-order chi connectivity index (χ1) is 7.70. The molecule has 16 heavy (non-hydrogen) atoms. The van der Waals surface area contributed by atoms with Crippen molar-refractivity contribution < 1.29 is 0 Å². The van der Waals surface area contributed by atoms with Gasteiger partial charge in [0.25, 0.3) is 0 Å². The molecule has 2 heterocycles. The molecule has 0 fully saturated rings. The average Bonchev–Trinajstić information content (AvgIpc) is 2.33. The number of halogens is 2. The highest BCUT2D eigenvalue weighted by Crippen LogP contribution is 2.23. The standard InChI is InChI=1S/C8H6BrClN4.C2H6/c1-11-8-12-3-4-2-5(9)6(10)13-7(4)14-8;1-2/h2-3H,1H3,(H,11,12,13,14);1-2H3. The fourth-order valence-electron chi connectivity index (χ4n) is 1.04. The molecular weight excluding hydrogens is 291 g/mol. The van der Waals surface area contributed by atoms with Crippen LogP contribution in [0, 0.1) is 0 Å². The van der Waals surface area contributed by atoms with Crippen molar-refractivity contribution in [2.24, 2.45) is 0 Å². The summed E-state index contributed by atoms with van der Waals surface area (Å²) in [7, 11) is 1.75. The minimum absolute atomic E-state index is 0.401. The Hall–Kier alpha value is -0.940. The van der Waals surface area contributed by atoms with Gasteiger partial charge in [-0.3, -0.25) is 0 Å². The number of aromatic nitrogens is 3. The maximum atomic E-state index is 5.84. The molecule has 0 saturated heterocycles. The van der Waals surface area contributed by atoms with Gasteiger partial charge in [-0.05, 0) is 22.0 Å². The number of nitrogens with one attached hydrogen (secondary N) is 1. The molecule has 0 atom stereocenters. The number of hydrogen-bond donors (Lipinski definition) is 1. The first-order valence-electron chi connectivity index (χ1n) is 4.87. The quantitative estimate of drug-likeness (QED) is 0.819. The highest BCUT2D eigenvalue weighted by Gasteiger charge is 2.04. The molecule has 0 unspecified atom stereocenters. The number of hydrogen-bond acceptors (Lipinski definition) is 4. The third-order valence-electron chi connectivity index (χ3n) is 1.70. The second-order valence-corrected chi connectivity index (χ2v) is 3.83. The van der Waals surface area contributed by atoms with E-state index in [0.717, 1.165) is 9.86 Å². The van der Waals surface area contributed by atoms with Gasteiger partial charge in [-0.15, -0.1) is 0 Å². The Morgan fingerprint density at radius 1 is 1.31 bits per heavy atom. The normalized spacial score (nSPS) is 9.56. The highest BCUT2D eigenvalue weighted by molar-refractivity contribution is 9.10. The molecule has 0 bridgehead atoms. The number of anilines is 1. The van der Waals surface area contributed by atoms with E-state index >= 15 is 0 Å². The Kier molecular flexibility index (Phi) is 4.89. The molecule has 4 nitrogen and oxygen atoms in total. The molecule has 2 aromatic rings. The minimum Gasteiger partial charge on any atom is -0.357 e. The molecule has 1 N–H and O–H groups in total. The van der Waals surface area contributed by atoms with Crippen molar-refractivity contribution in [3.8, 4) is 0 Å². The summed E-state index contributed by atoms with van der Waals surface area (Å²) >= 11 is 9.13. The fourth-order valence-corrected chi connectivity index (χ4v) is 1.51. The zero-order valence-corrected chi connectivity index (χ0v) is 11.6. The molecular formula is C10H12BrClN4. The molecule has 0 aliphatic heterocycles. The number of pyridine rings is 1. The van der Waals surface area contributed by atoms with Crippen LogP contribution in [0.1, 0.15) is 13.8 Å². The van der Waals surface area contributed by atoms with Gasteiger partial charge in [-0.2, -0.15) is 4.98 Å². The third-order valence-corrected chi connectivity index (χ3v) is 2.82. The van der Waals surface area contributed by atoms with Crippen LogP contribution in [-0.2, 0) is 0 Å². The largest absolute Gasteiger partial charge is 0.357 e. The van der Waals surface area contributed by atoms with Crippen molar-refractivity contribution in [3.63, 3.8) is 0 Å². The van der Waals surface area contributed by atoms with E-state index in [9.17, 15) is 0 Å². The van der Waals surface area contributed by atoms with E-state index in [1.54, 1.807) is 13.2 Å². The Labute approximate surface area is 108 Å². The van der Waals surface area contributed by atoms with E-state index in [2.05, 4.69) is 36.2 Å². The summed E-state index contributed by atoms with van der Waals surface area (Å²) in [4.78, 5) is 12.3. The second-order valence-electron chi connectivity index (χ2n) is 2.62. The van der Waals surface area contributed by atoms with E-state index < -0.39 is 0 Å². The van der Waals surface area contributed by atoms with Crippen LogP contribution in [0.3, 0.4) is 0 Å². The lowest BCUT2D eigenvalue weighted by Gasteiger charge is -2.01. The summed E-state index contributed by atoms with van der Waals surface area (Å²) < 4.78 is 0.743. The van der Waals surface area contributed by atoms with Gasteiger partial charge >= 0.3 is 0 Å². The van der Waals surface area contributed by atoms with Crippen LogP contribution in [0.4, 0.5) is 5.95 Å². The molecule has 6 heteroatoms. The summed E-state index contributed by atoms with van der Waals surface area (Å²) in [6.07, 6.45) is 1.70. The van der Waals surface area contributed by atoms with E-state index in [1.165, 1.54) is 0 Å². The van der Waals surface area contributed by atoms with E-state index in [4.69, 9.17) is 11.6 Å². The first-order valence-corrected chi connectivity index (χ1v) is 6.04. The lowest BCUT2D eigenvalue weighted by molar-refractivity contribution is 1.16. The van der Waals surface area contributed by atoms with Crippen molar-refractivity contribution in [2.45, 2.75) is 13.8 Å². The molecule has 0 amide bonds. The van der Waals surface area contributed by atoms with Crippen LogP contribution >= 0.6 is 27.5 Å². The molecule has 2 rings (SSSR count). The van der Waals surface area contributed by atoms with Crippen LogP contribution in [0.5, 0.6) is 0 Å². The van der Waals surface area contributed by atoms with Crippen LogP contribution in [-0.4, -0.2) is 22.0 Å². The second kappa shape index (κ2) is 5.96. The average molecular weight is 304 g/mol. The molecule has 0 aromatic carbocycles. The summed E-state index contributed by atoms with van der Waals surface area (Å²) in [6.45, 7) is 4.00. The number of fused-ring (bicyclic) bond motifs is 1. The van der Waals surface area contributed by atoms with Crippen molar-refractivity contribution in [3.05, 3.63) is 21.9 Å². The molecule has 0 saturated carbocycles.